The lowest BCUT2D eigenvalue weighted by atomic mass is 9.97. The quantitative estimate of drug-likeness (QED) is 0.192. The maximum Gasteiger partial charge on any atom is 0.128 e. The molecule has 0 aromatic rings. The summed E-state index contributed by atoms with van der Waals surface area (Å²) < 4.78 is 4.40. The van der Waals surface area contributed by atoms with Gasteiger partial charge in [0.2, 0.25) is 0 Å². The molecule has 0 aromatic carbocycles. The first kappa shape index (κ1) is 16.1. The van der Waals surface area contributed by atoms with Gasteiger partial charge in [0.05, 0.1) is 12.7 Å². The molecule has 8 heteroatoms. The molecule has 0 aliphatic rings. The van der Waals surface area contributed by atoms with Gasteiger partial charge in [-0.25, -0.2) is 0 Å². The normalized spacial score (nSPS) is 23.2. The fourth-order valence-electron chi connectivity index (χ4n) is 1.15. The summed E-state index contributed by atoms with van der Waals surface area (Å²) in [4.78, 5) is 0. The first-order valence-electron chi connectivity index (χ1n) is 4.68. The van der Waals surface area contributed by atoms with E-state index in [9.17, 15) is 20.4 Å². The van der Waals surface area contributed by atoms with Crippen molar-refractivity contribution < 1.29 is 34.8 Å². The van der Waals surface area contributed by atoms with Crippen LogP contribution in [0.1, 0.15) is 6.92 Å². The minimum Gasteiger partial charge on any atom is -0.394 e. The minimum atomic E-state index is -1.74. The highest BCUT2D eigenvalue weighted by molar-refractivity contribution is 7.75. The number of hydrogen-bond donors (Lipinski definition) is 7. The standard InChI is InChI=1S/C8H18O7S/c1-3(10)5(12)6(13)7(14)8(15-16)4(11)2-9/h3-14,16H,2H2,1H3. The molecule has 0 aromatic heterocycles. The monoisotopic (exact) mass is 258 g/mol. The van der Waals surface area contributed by atoms with Crippen LogP contribution in [0.5, 0.6) is 0 Å². The Balaban J connectivity index is 4.55. The number of rotatable bonds is 7. The predicted octanol–water partition coefficient (Wildman–Crippen LogP) is -2.97. The van der Waals surface area contributed by atoms with Gasteiger partial charge in [-0.3, -0.25) is 0 Å². The summed E-state index contributed by atoms with van der Waals surface area (Å²) in [6.07, 6.45) is -9.17. The molecule has 0 spiro atoms. The minimum absolute atomic E-state index is 0.709. The maximum atomic E-state index is 9.53. The molecular formula is C8H18O7S. The first-order chi connectivity index (χ1) is 7.36. The Bertz CT molecular complexity index is 191. The van der Waals surface area contributed by atoms with E-state index < -0.39 is 43.2 Å². The van der Waals surface area contributed by atoms with Gasteiger partial charge in [0.1, 0.15) is 30.5 Å². The molecule has 6 N–H and O–H groups in total. The van der Waals surface area contributed by atoms with Crippen LogP contribution in [0.15, 0.2) is 0 Å². The van der Waals surface area contributed by atoms with Crippen molar-refractivity contribution in [2.75, 3.05) is 6.61 Å². The van der Waals surface area contributed by atoms with Gasteiger partial charge in [0.25, 0.3) is 0 Å². The molecule has 16 heavy (non-hydrogen) atoms. The summed E-state index contributed by atoms with van der Waals surface area (Å²) in [5, 5.41) is 55.1. The maximum absolute atomic E-state index is 9.53. The molecule has 0 aliphatic carbocycles. The van der Waals surface area contributed by atoms with Gasteiger partial charge in [-0.15, -0.1) is 0 Å². The molecule has 0 aliphatic heterocycles. The SMILES string of the molecule is CC(O)C(O)C(O)C(O)C(OS)C(O)CO. The van der Waals surface area contributed by atoms with E-state index in [1.54, 1.807) is 0 Å². The fraction of sp³-hybridized carbons (Fsp3) is 1.00. The lowest BCUT2D eigenvalue weighted by Crippen LogP contribution is -2.52. The molecule has 0 rings (SSSR count). The molecule has 0 saturated carbocycles. The van der Waals surface area contributed by atoms with Gasteiger partial charge < -0.3 is 34.8 Å². The first-order valence-corrected chi connectivity index (χ1v) is 5.04. The van der Waals surface area contributed by atoms with Crippen LogP contribution in [0.2, 0.25) is 0 Å². The highest BCUT2D eigenvalue weighted by atomic mass is 32.1. The summed E-state index contributed by atoms with van der Waals surface area (Å²) in [5.41, 5.74) is 0. The molecule has 0 saturated heterocycles. The van der Waals surface area contributed by atoms with E-state index in [0.29, 0.717) is 0 Å². The Morgan fingerprint density at radius 1 is 1.00 bits per heavy atom. The van der Waals surface area contributed by atoms with Gasteiger partial charge in [0, 0.05) is 0 Å². The number of thiol groups is 1. The van der Waals surface area contributed by atoms with E-state index in [0.717, 1.165) is 0 Å². The Kier molecular flexibility index (Phi) is 7.44. The van der Waals surface area contributed by atoms with Crippen LogP contribution in [0, 0.1) is 0 Å². The molecule has 0 heterocycles. The zero-order valence-electron chi connectivity index (χ0n) is 8.71. The second-order valence-corrected chi connectivity index (χ2v) is 3.74. The van der Waals surface area contributed by atoms with Crippen LogP contribution < -0.4 is 0 Å². The molecule has 7 nitrogen and oxygen atoms in total. The summed E-state index contributed by atoms with van der Waals surface area (Å²) in [5.74, 6) is 0. The van der Waals surface area contributed by atoms with Crippen LogP contribution >= 0.6 is 12.9 Å². The average Bonchev–Trinajstić information content (AvgIpc) is 2.27. The van der Waals surface area contributed by atoms with Gasteiger partial charge in [-0.2, -0.15) is 0 Å². The van der Waals surface area contributed by atoms with E-state index in [2.05, 4.69) is 17.1 Å². The van der Waals surface area contributed by atoms with Crippen LogP contribution in [0.25, 0.3) is 0 Å². The molecule has 6 unspecified atom stereocenters. The third kappa shape index (κ3) is 4.15. The molecule has 0 bridgehead atoms. The predicted molar refractivity (Wildman–Crippen MR) is 56.7 cm³/mol. The van der Waals surface area contributed by atoms with Crippen molar-refractivity contribution in [3.05, 3.63) is 0 Å². The van der Waals surface area contributed by atoms with Gasteiger partial charge in [-0.05, 0) is 19.8 Å². The van der Waals surface area contributed by atoms with Gasteiger partial charge >= 0.3 is 0 Å². The van der Waals surface area contributed by atoms with Crippen LogP contribution in [0.3, 0.4) is 0 Å². The Labute approximate surface area is 98.5 Å². The van der Waals surface area contributed by atoms with Crippen LogP contribution in [-0.2, 0) is 4.18 Å². The van der Waals surface area contributed by atoms with Gasteiger partial charge in [0.15, 0.2) is 0 Å². The van der Waals surface area contributed by atoms with Crippen LogP contribution in [0.4, 0.5) is 0 Å². The van der Waals surface area contributed by atoms with Crippen LogP contribution in [-0.4, -0.2) is 73.9 Å². The lowest BCUT2D eigenvalue weighted by molar-refractivity contribution is -0.145. The number of aliphatic hydroxyl groups is 6. The summed E-state index contributed by atoms with van der Waals surface area (Å²) >= 11 is 3.38. The van der Waals surface area contributed by atoms with E-state index >= 15 is 0 Å². The zero-order chi connectivity index (χ0) is 12.9. The van der Waals surface area contributed by atoms with Crippen molar-refractivity contribution >= 4 is 12.9 Å². The Morgan fingerprint density at radius 2 is 1.50 bits per heavy atom. The molecule has 6 atom stereocenters. The Hall–Kier alpha value is 0.0700. The molecular weight excluding hydrogens is 240 g/mol. The molecule has 0 fully saturated rings. The highest BCUT2D eigenvalue weighted by Crippen LogP contribution is 2.14. The number of aliphatic hydroxyl groups excluding tert-OH is 6. The summed E-state index contributed by atoms with van der Waals surface area (Å²) in [6.45, 7) is 0.513. The second kappa shape index (κ2) is 7.41. The molecule has 0 amide bonds. The largest absolute Gasteiger partial charge is 0.394 e. The average molecular weight is 258 g/mol. The third-order valence-electron chi connectivity index (χ3n) is 2.22. The van der Waals surface area contributed by atoms with Crippen molar-refractivity contribution in [1.29, 1.82) is 0 Å². The fourth-order valence-corrected chi connectivity index (χ4v) is 1.41. The lowest BCUT2D eigenvalue weighted by Gasteiger charge is -2.30. The summed E-state index contributed by atoms with van der Waals surface area (Å²) in [7, 11) is 0. The van der Waals surface area contributed by atoms with E-state index in [1.807, 2.05) is 0 Å². The van der Waals surface area contributed by atoms with E-state index in [-0.39, 0.29) is 0 Å². The molecule has 98 valence electrons. The summed E-state index contributed by atoms with van der Waals surface area (Å²) in [6, 6.07) is 0. The second-order valence-electron chi connectivity index (χ2n) is 3.53. The smallest absolute Gasteiger partial charge is 0.128 e. The van der Waals surface area contributed by atoms with Crippen molar-refractivity contribution in [2.45, 2.75) is 43.5 Å². The van der Waals surface area contributed by atoms with Crippen molar-refractivity contribution in [1.82, 2.24) is 0 Å². The highest BCUT2D eigenvalue weighted by Gasteiger charge is 2.37. The van der Waals surface area contributed by atoms with E-state index in [4.69, 9.17) is 10.2 Å². The van der Waals surface area contributed by atoms with Crippen molar-refractivity contribution in [3.63, 3.8) is 0 Å². The zero-order valence-corrected chi connectivity index (χ0v) is 9.60. The third-order valence-corrected chi connectivity index (χ3v) is 2.46. The van der Waals surface area contributed by atoms with E-state index in [1.165, 1.54) is 6.92 Å². The number of hydrogen-bond acceptors (Lipinski definition) is 8. The van der Waals surface area contributed by atoms with Crippen molar-refractivity contribution in [2.24, 2.45) is 0 Å². The Morgan fingerprint density at radius 3 is 1.81 bits per heavy atom. The topological polar surface area (TPSA) is 131 Å². The van der Waals surface area contributed by atoms with Crippen molar-refractivity contribution in [3.8, 4) is 0 Å². The molecule has 0 radical (unpaired) electrons. The van der Waals surface area contributed by atoms with Gasteiger partial charge in [-0.1, -0.05) is 0 Å².